The van der Waals surface area contributed by atoms with Crippen molar-refractivity contribution in [3.63, 3.8) is 0 Å². The molecule has 0 aromatic carbocycles. The summed E-state index contributed by atoms with van der Waals surface area (Å²) in [6.45, 7) is -1.47. The van der Waals surface area contributed by atoms with Crippen LogP contribution in [-0.4, -0.2) is 86.7 Å². The first-order chi connectivity index (χ1) is 8.96. The van der Waals surface area contributed by atoms with Crippen molar-refractivity contribution in [1.29, 1.82) is 0 Å². The molecule has 1 aliphatic rings. The topological polar surface area (TPSA) is 169 Å². The molecule has 0 saturated carbocycles. The van der Waals surface area contributed by atoms with Crippen molar-refractivity contribution in [1.82, 2.24) is 5.48 Å². The van der Waals surface area contributed by atoms with E-state index < -0.39 is 55.9 Å². The van der Waals surface area contributed by atoms with Gasteiger partial charge in [0, 0.05) is 0 Å². The van der Waals surface area contributed by atoms with Crippen molar-refractivity contribution < 1.29 is 45.0 Å². The first-order valence-electron chi connectivity index (χ1n) is 5.47. The van der Waals surface area contributed by atoms with E-state index in [1.807, 2.05) is 0 Å². The average Bonchev–Trinajstić information content (AvgIpc) is 2.43. The van der Waals surface area contributed by atoms with Crippen LogP contribution in [0.25, 0.3) is 0 Å². The highest BCUT2D eigenvalue weighted by Crippen LogP contribution is 2.22. The molecule has 0 aliphatic carbocycles. The van der Waals surface area contributed by atoms with Gasteiger partial charge in [0.2, 0.25) is 0 Å². The molecule has 19 heavy (non-hydrogen) atoms. The number of hydrogen-bond donors (Lipinski definition) is 7. The van der Waals surface area contributed by atoms with E-state index >= 15 is 0 Å². The molecule has 0 spiro atoms. The highest BCUT2D eigenvalue weighted by Gasteiger charge is 2.45. The summed E-state index contributed by atoms with van der Waals surface area (Å²) in [6, 6.07) is 0. The number of aliphatic hydroxyl groups is 5. The Morgan fingerprint density at radius 3 is 2.32 bits per heavy atom. The first-order valence-corrected chi connectivity index (χ1v) is 5.47. The Morgan fingerprint density at radius 1 is 1.21 bits per heavy atom. The minimum atomic E-state index is -1.70. The van der Waals surface area contributed by atoms with Crippen molar-refractivity contribution in [2.75, 3.05) is 13.2 Å². The molecule has 0 radical (unpaired) electrons. The third-order valence-corrected chi connectivity index (χ3v) is 2.72. The molecule has 10 heteroatoms. The van der Waals surface area contributed by atoms with Crippen LogP contribution in [0.1, 0.15) is 0 Å². The molecule has 1 amide bonds. The number of carbonyl (C=O) groups is 1. The Morgan fingerprint density at radius 2 is 1.84 bits per heavy atom. The predicted molar refractivity (Wildman–Crippen MR) is 55.7 cm³/mol. The Hall–Kier alpha value is -0.850. The predicted octanol–water partition coefficient (Wildman–Crippen LogP) is -4.33. The number of ether oxygens (including phenoxy) is 2. The van der Waals surface area contributed by atoms with Gasteiger partial charge in [0.1, 0.15) is 24.4 Å². The van der Waals surface area contributed by atoms with Gasteiger partial charge < -0.3 is 35.0 Å². The summed E-state index contributed by atoms with van der Waals surface area (Å²) in [5.74, 6) is -1.08. The van der Waals surface area contributed by atoms with Crippen LogP contribution in [0.2, 0.25) is 0 Å². The Labute approximate surface area is 107 Å². The van der Waals surface area contributed by atoms with Crippen LogP contribution >= 0.6 is 0 Å². The van der Waals surface area contributed by atoms with Crippen molar-refractivity contribution in [3.05, 3.63) is 0 Å². The highest BCUT2D eigenvalue weighted by molar-refractivity contribution is 5.79. The van der Waals surface area contributed by atoms with E-state index in [-0.39, 0.29) is 0 Å². The molecule has 0 aromatic heterocycles. The van der Waals surface area contributed by atoms with Crippen molar-refractivity contribution in [3.8, 4) is 0 Å². The molecule has 6 atom stereocenters. The minimum Gasteiger partial charge on any atom is -0.394 e. The summed E-state index contributed by atoms with van der Waals surface area (Å²) in [4.78, 5) is 11.1. The van der Waals surface area contributed by atoms with Crippen LogP contribution < -0.4 is 5.48 Å². The second-order valence-electron chi connectivity index (χ2n) is 3.98. The monoisotopic (exact) mass is 283 g/mol. The summed E-state index contributed by atoms with van der Waals surface area (Å²) in [5.41, 5.74) is 1.24. The van der Waals surface area contributed by atoms with Gasteiger partial charge in [0.05, 0.1) is 13.2 Å². The minimum absolute atomic E-state index is 0.652. The Balaban J connectivity index is 2.73. The largest absolute Gasteiger partial charge is 0.394 e. The van der Waals surface area contributed by atoms with E-state index in [9.17, 15) is 20.1 Å². The van der Waals surface area contributed by atoms with Crippen molar-refractivity contribution in [2.45, 2.75) is 36.8 Å². The molecule has 0 aromatic rings. The van der Waals surface area contributed by atoms with E-state index in [1.54, 1.807) is 0 Å². The lowest BCUT2D eigenvalue weighted by molar-refractivity contribution is -0.310. The summed E-state index contributed by atoms with van der Waals surface area (Å²) in [7, 11) is 0. The number of carbonyl (C=O) groups excluding carboxylic acids is 1. The molecular formula is C9H17NO9. The van der Waals surface area contributed by atoms with Crippen LogP contribution in [0.4, 0.5) is 0 Å². The number of aliphatic hydroxyl groups excluding tert-OH is 5. The van der Waals surface area contributed by atoms with E-state index in [0.29, 0.717) is 0 Å². The lowest BCUT2D eigenvalue weighted by atomic mass is 9.99. The maximum absolute atomic E-state index is 11.1. The van der Waals surface area contributed by atoms with Crippen molar-refractivity contribution >= 4 is 5.91 Å². The highest BCUT2D eigenvalue weighted by atomic mass is 16.7. The molecular weight excluding hydrogens is 266 g/mol. The SMILES string of the molecule is O=C(NO)[C@@H](CO)O[C@H]1O[C@H](CO)[C@@H](O)[C@H](O)[C@@H]1O. The van der Waals surface area contributed by atoms with Crippen molar-refractivity contribution in [2.24, 2.45) is 0 Å². The van der Waals surface area contributed by atoms with Crippen LogP contribution in [0, 0.1) is 0 Å². The Kier molecular flexibility index (Phi) is 6.03. The van der Waals surface area contributed by atoms with E-state index in [4.69, 9.17) is 24.9 Å². The second kappa shape index (κ2) is 7.07. The summed E-state index contributed by atoms with van der Waals surface area (Å²) in [6.07, 6.45) is -9.22. The fourth-order valence-electron chi connectivity index (χ4n) is 1.60. The molecule has 1 saturated heterocycles. The summed E-state index contributed by atoms with van der Waals surface area (Å²) >= 11 is 0. The number of amides is 1. The second-order valence-corrected chi connectivity index (χ2v) is 3.98. The molecule has 1 fully saturated rings. The number of hydroxylamine groups is 1. The maximum atomic E-state index is 11.1. The van der Waals surface area contributed by atoms with Gasteiger partial charge in [-0.05, 0) is 0 Å². The molecule has 0 unspecified atom stereocenters. The van der Waals surface area contributed by atoms with Gasteiger partial charge in [-0.3, -0.25) is 10.0 Å². The molecule has 10 nitrogen and oxygen atoms in total. The zero-order valence-electron chi connectivity index (χ0n) is 9.79. The molecule has 0 bridgehead atoms. The number of rotatable bonds is 5. The maximum Gasteiger partial charge on any atom is 0.274 e. The van der Waals surface area contributed by atoms with Crippen LogP contribution in [0.5, 0.6) is 0 Å². The van der Waals surface area contributed by atoms with Crippen LogP contribution in [0.15, 0.2) is 0 Å². The standard InChI is InChI=1S/C9H17NO9/c11-1-3-5(13)6(14)7(15)9(18-3)19-4(2-12)8(16)10-17/h3-7,9,11-15,17H,1-2H2,(H,10,16)/t3-,4-,5-,6+,7+,9-/m1/s1. The molecule has 112 valence electrons. The first kappa shape index (κ1) is 16.2. The molecule has 1 aliphatic heterocycles. The third-order valence-electron chi connectivity index (χ3n) is 2.72. The van der Waals surface area contributed by atoms with Gasteiger partial charge in [0.15, 0.2) is 12.4 Å². The van der Waals surface area contributed by atoms with Gasteiger partial charge in [-0.1, -0.05) is 0 Å². The fourth-order valence-corrected chi connectivity index (χ4v) is 1.60. The Bertz CT molecular complexity index is 299. The van der Waals surface area contributed by atoms with Gasteiger partial charge in [-0.15, -0.1) is 0 Å². The lowest BCUT2D eigenvalue weighted by Crippen LogP contribution is -2.60. The van der Waals surface area contributed by atoms with Gasteiger partial charge >= 0.3 is 0 Å². The van der Waals surface area contributed by atoms with Gasteiger partial charge in [-0.2, -0.15) is 0 Å². The quantitative estimate of drug-likeness (QED) is 0.195. The van der Waals surface area contributed by atoms with E-state index in [0.717, 1.165) is 0 Å². The van der Waals surface area contributed by atoms with Gasteiger partial charge in [-0.25, -0.2) is 5.48 Å². The fraction of sp³-hybridized carbons (Fsp3) is 0.889. The smallest absolute Gasteiger partial charge is 0.274 e. The number of nitrogens with one attached hydrogen (secondary N) is 1. The third kappa shape index (κ3) is 3.58. The zero-order valence-corrected chi connectivity index (χ0v) is 9.79. The van der Waals surface area contributed by atoms with E-state index in [1.165, 1.54) is 5.48 Å². The normalized spacial score (nSPS) is 36.8. The summed E-state index contributed by atoms with van der Waals surface area (Å²) < 4.78 is 9.83. The summed E-state index contributed by atoms with van der Waals surface area (Å²) in [5, 5.41) is 54.8. The number of hydrogen-bond acceptors (Lipinski definition) is 9. The van der Waals surface area contributed by atoms with E-state index in [2.05, 4.69) is 0 Å². The van der Waals surface area contributed by atoms with Crippen LogP contribution in [0.3, 0.4) is 0 Å². The van der Waals surface area contributed by atoms with Crippen LogP contribution in [-0.2, 0) is 14.3 Å². The molecule has 7 N–H and O–H groups in total. The van der Waals surface area contributed by atoms with Gasteiger partial charge in [0.25, 0.3) is 5.91 Å². The molecule has 1 rings (SSSR count). The molecule has 1 heterocycles. The lowest BCUT2D eigenvalue weighted by Gasteiger charge is -2.40. The average molecular weight is 283 g/mol. The zero-order chi connectivity index (χ0) is 14.6.